The van der Waals surface area contributed by atoms with Gasteiger partial charge in [0.2, 0.25) is 0 Å². The number of rotatable bonds is 10. The van der Waals surface area contributed by atoms with Crippen molar-refractivity contribution in [1.29, 1.82) is 0 Å². The molecule has 0 saturated carbocycles. The van der Waals surface area contributed by atoms with Crippen LogP contribution in [0.15, 0.2) is 18.3 Å². The second-order valence-electron chi connectivity index (χ2n) is 4.98. The van der Waals surface area contributed by atoms with Crippen LogP contribution in [0.4, 0.5) is 0 Å². The average molecular weight is 266 g/mol. The SMILES string of the molecule is CCCNCc1ccc(OCCOCC(C)C)cn1. The number of nitrogens with zero attached hydrogens (tertiary/aromatic N) is 1. The molecule has 108 valence electrons. The summed E-state index contributed by atoms with van der Waals surface area (Å²) in [5.41, 5.74) is 1.04. The van der Waals surface area contributed by atoms with Crippen molar-refractivity contribution in [2.24, 2.45) is 5.92 Å². The van der Waals surface area contributed by atoms with Crippen molar-refractivity contribution in [2.75, 3.05) is 26.4 Å². The molecule has 0 aromatic carbocycles. The Kier molecular flexibility index (Phi) is 8.18. The minimum Gasteiger partial charge on any atom is -0.490 e. The summed E-state index contributed by atoms with van der Waals surface area (Å²) >= 11 is 0. The highest BCUT2D eigenvalue weighted by Gasteiger charge is 1.98. The van der Waals surface area contributed by atoms with Crippen molar-refractivity contribution in [3.05, 3.63) is 24.0 Å². The van der Waals surface area contributed by atoms with Gasteiger partial charge in [-0.25, -0.2) is 0 Å². The first-order valence-corrected chi connectivity index (χ1v) is 7.08. The molecule has 19 heavy (non-hydrogen) atoms. The molecule has 1 aromatic heterocycles. The summed E-state index contributed by atoms with van der Waals surface area (Å²) in [4.78, 5) is 4.35. The summed E-state index contributed by atoms with van der Waals surface area (Å²) in [7, 11) is 0. The number of aromatic nitrogens is 1. The molecule has 0 fully saturated rings. The van der Waals surface area contributed by atoms with Gasteiger partial charge in [0.25, 0.3) is 0 Å². The van der Waals surface area contributed by atoms with Crippen LogP contribution in [0, 0.1) is 5.92 Å². The topological polar surface area (TPSA) is 43.4 Å². The largest absolute Gasteiger partial charge is 0.490 e. The van der Waals surface area contributed by atoms with E-state index < -0.39 is 0 Å². The molecule has 0 spiro atoms. The Balaban J connectivity index is 2.17. The third-order valence-corrected chi connectivity index (χ3v) is 2.48. The third kappa shape index (κ3) is 7.80. The summed E-state index contributed by atoms with van der Waals surface area (Å²) in [6.45, 7) is 10.2. The van der Waals surface area contributed by atoms with Crippen molar-refractivity contribution >= 4 is 0 Å². The van der Waals surface area contributed by atoms with Crippen molar-refractivity contribution in [3.63, 3.8) is 0 Å². The fourth-order valence-electron chi connectivity index (χ4n) is 1.53. The van der Waals surface area contributed by atoms with Gasteiger partial charge in [0.15, 0.2) is 0 Å². The van der Waals surface area contributed by atoms with E-state index in [0.717, 1.165) is 37.6 Å². The van der Waals surface area contributed by atoms with E-state index in [1.165, 1.54) is 0 Å². The Morgan fingerprint density at radius 2 is 2.11 bits per heavy atom. The van der Waals surface area contributed by atoms with Crippen LogP contribution in [-0.4, -0.2) is 31.3 Å². The minimum atomic E-state index is 0.566. The highest BCUT2D eigenvalue weighted by molar-refractivity contribution is 5.19. The van der Waals surface area contributed by atoms with Gasteiger partial charge in [0, 0.05) is 13.2 Å². The van der Waals surface area contributed by atoms with Crippen molar-refractivity contribution in [1.82, 2.24) is 10.3 Å². The second-order valence-corrected chi connectivity index (χ2v) is 4.98. The predicted molar refractivity (Wildman–Crippen MR) is 77.4 cm³/mol. The molecule has 0 aliphatic heterocycles. The molecule has 0 aliphatic carbocycles. The number of ether oxygens (including phenoxy) is 2. The minimum absolute atomic E-state index is 0.566. The molecule has 1 heterocycles. The first-order valence-electron chi connectivity index (χ1n) is 7.08. The molecule has 1 N–H and O–H groups in total. The highest BCUT2D eigenvalue weighted by Crippen LogP contribution is 2.09. The maximum absolute atomic E-state index is 5.56. The van der Waals surface area contributed by atoms with E-state index in [4.69, 9.17) is 9.47 Å². The third-order valence-electron chi connectivity index (χ3n) is 2.48. The fraction of sp³-hybridized carbons (Fsp3) is 0.667. The lowest BCUT2D eigenvalue weighted by atomic mass is 10.2. The second kappa shape index (κ2) is 9.75. The molecule has 0 atom stereocenters. The molecule has 0 bridgehead atoms. The zero-order valence-corrected chi connectivity index (χ0v) is 12.3. The molecule has 4 nitrogen and oxygen atoms in total. The molecule has 0 saturated heterocycles. The van der Waals surface area contributed by atoms with Gasteiger partial charge in [-0.15, -0.1) is 0 Å². The Labute approximate surface area is 116 Å². The van der Waals surface area contributed by atoms with E-state index in [0.29, 0.717) is 19.1 Å². The van der Waals surface area contributed by atoms with Gasteiger partial charge in [0.05, 0.1) is 18.5 Å². The monoisotopic (exact) mass is 266 g/mol. The molecule has 1 aromatic rings. The highest BCUT2D eigenvalue weighted by atomic mass is 16.5. The van der Waals surface area contributed by atoms with Crippen LogP contribution in [0.2, 0.25) is 0 Å². The average Bonchev–Trinajstić information content (AvgIpc) is 2.40. The molecule has 4 heteroatoms. The molecule has 0 aliphatic rings. The van der Waals surface area contributed by atoms with E-state index in [-0.39, 0.29) is 0 Å². The number of hydrogen-bond acceptors (Lipinski definition) is 4. The lowest BCUT2D eigenvalue weighted by Crippen LogP contribution is -2.14. The Morgan fingerprint density at radius 1 is 1.26 bits per heavy atom. The van der Waals surface area contributed by atoms with Crippen LogP contribution in [0.5, 0.6) is 5.75 Å². The zero-order chi connectivity index (χ0) is 13.9. The summed E-state index contributed by atoms with van der Waals surface area (Å²) in [5.74, 6) is 1.36. The molecule has 0 radical (unpaired) electrons. The van der Waals surface area contributed by atoms with Crippen LogP contribution in [0.25, 0.3) is 0 Å². The summed E-state index contributed by atoms with van der Waals surface area (Å²) in [6, 6.07) is 3.95. The Bertz CT molecular complexity index is 325. The molecular formula is C15H26N2O2. The maximum Gasteiger partial charge on any atom is 0.137 e. The summed E-state index contributed by atoms with van der Waals surface area (Å²) < 4.78 is 11.0. The maximum atomic E-state index is 5.56. The standard InChI is InChI=1S/C15H26N2O2/c1-4-7-16-10-14-5-6-15(11-17-14)19-9-8-18-12-13(2)3/h5-6,11,13,16H,4,7-10,12H2,1-3H3. The van der Waals surface area contributed by atoms with E-state index in [9.17, 15) is 0 Å². The summed E-state index contributed by atoms with van der Waals surface area (Å²) in [5, 5.41) is 3.32. The van der Waals surface area contributed by atoms with Crippen LogP contribution < -0.4 is 10.1 Å². The van der Waals surface area contributed by atoms with E-state index in [1.807, 2.05) is 12.1 Å². The number of hydrogen-bond donors (Lipinski definition) is 1. The lowest BCUT2D eigenvalue weighted by Gasteiger charge is -2.09. The lowest BCUT2D eigenvalue weighted by molar-refractivity contribution is 0.0818. The molecule has 0 unspecified atom stereocenters. The van der Waals surface area contributed by atoms with Crippen molar-refractivity contribution < 1.29 is 9.47 Å². The number of pyridine rings is 1. The van der Waals surface area contributed by atoms with Crippen LogP contribution in [0.3, 0.4) is 0 Å². The van der Waals surface area contributed by atoms with E-state index >= 15 is 0 Å². The Morgan fingerprint density at radius 3 is 2.74 bits per heavy atom. The normalized spacial score (nSPS) is 10.9. The van der Waals surface area contributed by atoms with Gasteiger partial charge in [-0.3, -0.25) is 4.98 Å². The van der Waals surface area contributed by atoms with Crippen LogP contribution in [-0.2, 0) is 11.3 Å². The fourth-order valence-corrected chi connectivity index (χ4v) is 1.53. The first-order chi connectivity index (χ1) is 9.22. The molecular weight excluding hydrogens is 240 g/mol. The van der Waals surface area contributed by atoms with Gasteiger partial charge in [-0.2, -0.15) is 0 Å². The van der Waals surface area contributed by atoms with E-state index in [1.54, 1.807) is 6.20 Å². The van der Waals surface area contributed by atoms with Gasteiger partial charge in [-0.1, -0.05) is 20.8 Å². The van der Waals surface area contributed by atoms with Crippen LogP contribution >= 0.6 is 0 Å². The zero-order valence-electron chi connectivity index (χ0n) is 12.3. The van der Waals surface area contributed by atoms with Gasteiger partial charge in [0.1, 0.15) is 12.4 Å². The predicted octanol–water partition coefficient (Wildman–Crippen LogP) is 2.63. The quantitative estimate of drug-likeness (QED) is 0.661. The van der Waals surface area contributed by atoms with Gasteiger partial charge >= 0.3 is 0 Å². The van der Waals surface area contributed by atoms with Gasteiger partial charge < -0.3 is 14.8 Å². The van der Waals surface area contributed by atoms with Gasteiger partial charge in [-0.05, 0) is 31.0 Å². The Hall–Kier alpha value is -1.13. The van der Waals surface area contributed by atoms with E-state index in [2.05, 4.69) is 31.1 Å². The van der Waals surface area contributed by atoms with Crippen molar-refractivity contribution in [3.8, 4) is 5.75 Å². The molecule has 0 amide bonds. The van der Waals surface area contributed by atoms with Crippen molar-refractivity contribution in [2.45, 2.75) is 33.7 Å². The number of nitrogens with one attached hydrogen (secondary N) is 1. The first kappa shape index (κ1) is 15.9. The molecule has 1 rings (SSSR count). The van der Waals surface area contributed by atoms with Crippen LogP contribution in [0.1, 0.15) is 32.9 Å². The smallest absolute Gasteiger partial charge is 0.137 e. The summed E-state index contributed by atoms with van der Waals surface area (Å²) in [6.07, 6.45) is 2.91.